The minimum absolute atomic E-state index is 1.14. The third-order valence-electron chi connectivity index (χ3n) is 2.19. The molecule has 1 nitrogen and oxygen atoms in total. The van der Waals surface area contributed by atoms with Gasteiger partial charge in [-0.3, -0.25) is 0 Å². The van der Waals surface area contributed by atoms with Gasteiger partial charge in [0, 0.05) is 12.7 Å². The second-order valence-corrected chi connectivity index (χ2v) is 3.37. The summed E-state index contributed by atoms with van der Waals surface area (Å²) in [5.74, 6) is 0. The van der Waals surface area contributed by atoms with E-state index in [4.69, 9.17) is 0 Å². The molecule has 0 saturated heterocycles. The van der Waals surface area contributed by atoms with Crippen LogP contribution in [0.2, 0.25) is 0 Å². The molecule has 0 aliphatic rings. The van der Waals surface area contributed by atoms with Crippen molar-refractivity contribution in [1.82, 2.24) is 5.32 Å². The first kappa shape index (κ1) is 11.5. The van der Waals surface area contributed by atoms with E-state index in [1.807, 2.05) is 7.05 Å². The average molecular weight is 169 g/mol. The number of nitrogens with one attached hydrogen (secondary N) is 1. The van der Waals surface area contributed by atoms with Gasteiger partial charge in [-0.25, -0.2) is 0 Å². The molecule has 0 rings (SSSR count). The molecule has 0 amide bonds. The lowest BCUT2D eigenvalue weighted by molar-refractivity contribution is 0.601. The van der Waals surface area contributed by atoms with Gasteiger partial charge in [-0.1, -0.05) is 45.6 Å². The third-order valence-corrected chi connectivity index (χ3v) is 2.19. The van der Waals surface area contributed by atoms with Gasteiger partial charge in [0.1, 0.15) is 0 Å². The van der Waals surface area contributed by atoms with Crippen molar-refractivity contribution in [3.8, 4) is 0 Å². The maximum absolute atomic E-state index is 3.90. The average Bonchev–Trinajstić information content (AvgIpc) is 2.10. The second-order valence-electron chi connectivity index (χ2n) is 3.37. The highest BCUT2D eigenvalue weighted by Gasteiger charge is 1.91. The van der Waals surface area contributed by atoms with Gasteiger partial charge in [0.15, 0.2) is 0 Å². The lowest BCUT2D eigenvalue weighted by atomic mass is 10.1. The van der Waals surface area contributed by atoms with E-state index in [1.165, 1.54) is 44.2 Å². The molecule has 1 heteroatoms. The Hall–Kier alpha value is -0.460. The molecule has 12 heavy (non-hydrogen) atoms. The molecule has 0 heterocycles. The Morgan fingerprint density at radius 2 is 1.67 bits per heavy atom. The Morgan fingerprint density at radius 3 is 2.25 bits per heavy atom. The second kappa shape index (κ2) is 8.63. The van der Waals surface area contributed by atoms with Crippen molar-refractivity contribution in [2.24, 2.45) is 0 Å². The number of unbranched alkanes of at least 4 members (excludes halogenated alkanes) is 5. The zero-order chi connectivity index (χ0) is 9.23. The largest absolute Gasteiger partial charge is 0.392 e. The molecular formula is C11H23N. The fourth-order valence-corrected chi connectivity index (χ4v) is 1.24. The van der Waals surface area contributed by atoms with Crippen LogP contribution in [-0.4, -0.2) is 7.05 Å². The van der Waals surface area contributed by atoms with Gasteiger partial charge < -0.3 is 5.32 Å². The van der Waals surface area contributed by atoms with Crippen LogP contribution in [0.4, 0.5) is 0 Å². The van der Waals surface area contributed by atoms with E-state index in [9.17, 15) is 0 Å². The van der Waals surface area contributed by atoms with E-state index in [2.05, 4.69) is 18.8 Å². The van der Waals surface area contributed by atoms with Crippen LogP contribution in [0.15, 0.2) is 12.3 Å². The molecule has 0 fully saturated rings. The number of allylic oxidation sites excluding steroid dienone is 1. The van der Waals surface area contributed by atoms with Crippen LogP contribution in [0.3, 0.4) is 0 Å². The van der Waals surface area contributed by atoms with E-state index in [-0.39, 0.29) is 0 Å². The van der Waals surface area contributed by atoms with Crippen LogP contribution in [0, 0.1) is 0 Å². The highest BCUT2D eigenvalue weighted by molar-refractivity contribution is 4.88. The Balaban J connectivity index is 2.95. The summed E-state index contributed by atoms with van der Waals surface area (Å²) in [6.07, 6.45) is 9.33. The van der Waals surface area contributed by atoms with Crippen LogP contribution in [0.5, 0.6) is 0 Å². The molecule has 0 aromatic heterocycles. The topological polar surface area (TPSA) is 12.0 Å². The molecule has 0 bridgehead atoms. The number of hydrogen-bond donors (Lipinski definition) is 1. The van der Waals surface area contributed by atoms with E-state index in [1.54, 1.807) is 0 Å². The normalized spacial score (nSPS) is 9.83. The van der Waals surface area contributed by atoms with Crippen molar-refractivity contribution in [3.63, 3.8) is 0 Å². The number of rotatable bonds is 8. The molecule has 0 spiro atoms. The molecule has 0 radical (unpaired) electrons. The van der Waals surface area contributed by atoms with Crippen molar-refractivity contribution in [3.05, 3.63) is 12.3 Å². The third kappa shape index (κ3) is 7.64. The Bertz CT molecular complexity index is 108. The van der Waals surface area contributed by atoms with Gasteiger partial charge in [0.05, 0.1) is 0 Å². The maximum atomic E-state index is 3.90. The first-order chi connectivity index (χ1) is 5.81. The lowest BCUT2D eigenvalue weighted by Gasteiger charge is -2.03. The zero-order valence-corrected chi connectivity index (χ0v) is 8.66. The van der Waals surface area contributed by atoms with Gasteiger partial charge in [-0.05, 0) is 12.8 Å². The fourth-order valence-electron chi connectivity index (χ4n) is 1.24. The molecule has 0 aliphatic heterocycles. The van der Waals surface area contributed by atoms with Gasteiger partial charge >= 0.3 is 0 Å². The standard InChI is InChI=1S/C11H23N/c1-4-5-6-7-8-9-10-11(2)12-3/h12H,2,4-10H2,1,3H3. The van der Waals surface area contributed by atoms with E-state index in [0.717, 1.165) is 6.42 Å². The van der Waals surface area contributed by atoms with Gasteiger partial charge in [0.25, 0.3) is 0 Å². The van der Waals surface area contributed by atoms with E-state index >= 15 is 0 Å². The SMILES string of the molecule is C=C(CCCCCCCC)NC. The van der Waals surface area contributed by atoms with E-state index < -0.39 is 0 Å². The van der Waals surface area contributed by atoms with Crippen molar-refractivity contribution < 1.29 is 0 Å². The molecule has 0 aromatic carbocycles. The number of hydrogen-bond acceptors (Lipinski definition) is 1. The van der Waals surface area contributed by atoms with Crippen molar-refractivity contribution in [1.29, 1.82) is 0 Å². The molecule has 0 aromatic rings. The first-order valence-corrected chi connectivity index (χ1v) is 5.16. The van der Waals surface area contributed by atoms with Crippen molar-refractivity contribution >= 4 is 0 Å². The molecule has 0 aliphatic carbocycles. The molecule has 0 saturated carbocycles. The summed E-state index contributed by atoms with van der Waals surface area (Å²) < 4.78 is 0. The summed E-state index contributed by atoms with van der Waals surface area (Å²) in [6, 6.07) is 0. The summed E-state index contributed by atoms with van der Waals surface area (Å²) >= 11 is 0. The monoisotopic (exact) mass is 169 g/mol. The summed E-state index contributed by atoms with van der Waals surface area (Å²) in [5.41, 5.74) is 1.17. The van der Waals surface area contributed by atoms with Crippen LogP contribution in [0.1, 0.15) is 51.9 Å². The summed E-state index contributed by atoms with van der Waals surface area (Å²) in [6.45, 7) is 6.15. The zero-order valence-electron chi connectivity index (χ0n) is 8.66. The van der Waals surface area contributed by atoms with E-state index in [0.29, 0.717) is 0 Å². The Kier molecular flexibility index (Phi) is 8.30. The molecule has 0 unspecified atom stereocenters. The Labute approximate surface area is 77.2 Å². The van der Waals surface area contributed by atoms with Crippen molar-refractivity contribution in [2.75, 3.05) is 7.05 Å². The predicted octanol–water partition coefficient (Wildman–Crippen LogP) is 3.47. The quantitative estimate of drug-likeness (QED) is 0.549. The molecular weight excluding hydrogens is 146 g/mol. The van der Waals surface area contributed by atoms with Gasteiger partial charge in [-0.2, -0.15) is 0 Å². The summed E-state index contributed by atoms with van der Waals surface area (Å²) in [7, 11) is 1.94. The molecule has 1 N–H and O–H groups in total. The van der Waals surface area contributed by atoms with Crippen LogP contribution < -0.4 is 5.32 Å². The summed E-state index contributed by atoms with van der Waals surface area (Å²) in [4.78, 5) is 0. The molecule has 72 valence electrons. The van der Waals surface area contributed by atoms with Gasteiger partial charge in [0.2, 0.25) is 0 Å². The highest BCUT2D eigenvalue weighted by Crippen LogP contribution is 2.08. The first-order valence-electron chi connectivity index (χ1n) is 5.16. The lowest BCUT2D eigenvalue weighted by Crippen LogP contribution is -2.03. The van der Waals surface area contributed by atoms with Crippen LogP contribution in [0.25, 0.3) is 0 Å². The Morgan fingerprint density at radius 1 is 1.08 bits per heavy atom. The van der Waals surface area contributed by atoms with Gasteiger partial charge in [-0.15, -0.1) is 0 Å². The fraction of sp³-hybridized carbons (Fsp3) is 0.818. The molecule has 0 atom stereocenters. The minimum atomic E-state index is 1.14. The highest BCUT2D eigenvalue weighted by atomic mass is 14.8. The maximum Gasteiger partial charge on any atom is 0.00310 e. The van der Waals surface area contributed by atoms with Crippen LogP contribution in [-0.2, 0) is 0 Å². The minimum Gasteiger partial charge on any atom is -0.392 e. The predicted molar refractivity (Wildman–Crippen MR) is 56.2 cm³/mol. The van der Waals surface area contributed by atoms with Crippen molar-refractivity contribution in [2.45, 2.75) is 51.9 Å². The van der Waals surface area contributed by atoms with Crippen LogP contribution >= 0.6 is 0 Å². The summed E-state index contributed by atoms with van der Waals surface area (Å²) in [5, 5.41) is 3.07. The smallest absolute Gasteiger partial charge is 0.00310 e.